The third-order valence-corrected chi connectivity index (χ3v) is 12.2. The van der Waals surface area contributed by atoms with E-state index in [9.17, 15) is 0 Å². The van der Waals surface area contributed by atoms with E-state index in [1.54, 1.807) is 0 Å². The lowest BCUT2D eigenvalue weighted by atomic mass is 9.62. The predicted octanol–water partition coefficient (Wildman–Crippen LogP) is 13.2. The molecule has 7 aromatic carbocycles. The molecule has 0 saturated heterocycles. The Bertz CT molecular complexity index is 2760. The number of allylic oxidation sites excluding steroid dienone is 4. The molecule has 11 rings (SSSR count). The highest BCUT2D eigenvalue weighted by Gasteiger charge is 2.53. The molecule has 2 heterocycles. The van der Waals surface area contributed by atoms with Gasteiger partial charge in [0.25, 0.3) is 0 Å². The first-order valence-electron chi connectivity index (χ1n) is 18.8. The Kier molecular flexibility index (Phi) is 6.46. The summed E-state index contributed by atoms with van der Waals surface area (Å²) in [5, 5.41) is 2.58. The number of hydrogen-bond acceptors (Lipinski definition) is 1. The number of rotatable bonds is 3. The maximum Gasteiger partial charge on any atom is 0.0717 e. The van der Waals surface area contributed by atoms with Crippen LogP contribution in [0.15, 0.2) is 175 Å². The molecule has 0 bridgehead atoms. The summed E-state index contributed by atoms with van der Waals surface area (Å²) in [5.74, 6) is 0. The molecule has 8 aromatic rings. The Hall–Kier alpha value is -6.38. The van der Waals surface area contributed by atoms with Crippen LogP contribution in [0, 0.1) is 13.8 Å². The molecule has 0 radical (unpaired) electrons. The highest BCUT2D eigenvalue weighted by atomic mass is 15.2. The maximum absolute atomic E-state index is 2.54. The molecule has 2 aliphatic carbocycles. The van der Waals surface area contributed by atoms with Crippen molar-refractivity contribution in [3.05, 3.63) is 214 Å². The second-order valence-corrected chi connectivity index (χ2v) is 14.9. The summed E-state index contributed by atoms with van der Waals surface area (Å²) in [4.78, 5) is 2.50. The second kappa shape index (κ2) is 11.3. The molecule has 0 amide bonds. The molecule has 0 N–H and O–H groups in total. The van der Waals surface area contributed by atoms with Gasteiger partial charge in [0, 0.05) is 22.1 Å². The molecule has 0 atom stereocenters. The molecule has 0 fully saturated rings. The van der Waals surface area contributed by atoms with Gasteiger partial charge in [-0.25, -0.2) is 0 Å². The second-order valence-electron chi connectivity index (χ2n) is 14.9. The number of anilines is 3. The molecule has 252 valence electrons. The van der Waals surface area contributed by atoms with Gasteiger partial charge in [0.2, 0.25) is 0 Å². The monoisotopic (exact) mass is 678 g/mol. The van der Waals surface area contributed by atoms with Crippen molar-refractivity contribution in [1.82, 2.24) is 4.57 Å². The van der Waals surface area contributed by atoms with Crippen LogP contribution in [-0.4, -0.2) is 4.57 Å². The van der Waals surface area contributed by atoms with Crippen LogP contribution >= 0.6 is 0 Å². The average molecular weight is 679 g/mol. The minimum Gasteiger partial charge on any atom is -0.310 e. The molecule has 2 nitrogen and oxygen atoms in total. The highest BCUT2D eigenvalue weighted by molar-refractivity contribution is 6.09. The molecular weight excluding hydrogens is 641 g/mol. The van der Waals surface area contributed by atoms with Crippen LogP contribution in [0.25, 0.3) is 38.6 Å². The molecule has 0 saturated carbocycles. The summed E-state index contributed by atoms with van der Waals surface area (Å²) in [7, 11) is 0. The molecule has 1 aliphatic heterocycles. The van der Waals surface area contributed by atoms with E-state index in [-0.39, 0.29) is 5.41 Å². The fraction of sp³-hybridized carbons (Fsp3) is 0.0980. The van der Waals surface area contributed by atoms with Crippen LogP contribution in [0.5, 0.6) is 0 Å². The van der Waals surface area contributed by atoms with Crippen molar-refractivity contribution in [2.75, 3.05) is 4.90 Å². The van der Waals surface area contributed by atoms with Gasteiger partial charge >= 0.3 is 0 Å². The fourth-order valence-electron chi connectivity index (χ4n) is 10.0. The largest absolute Gasteiger partial charge is 0.310 e. The first-order chi connectivity index (χ1) is 26.1. The van der Waals surface area contributed by atoms with Crippen molar-refractivity contribution in [3.63, 3.8) is 0 Å². The van der Waals surface area contributed by atoms with E-state index in [1.807, 2.05) is 0 Å². The molecule has 0 unspecified atom stereocenters. The minimum absolute atomic E-state index is 0.370. The Balaban J connectivity index is 1.10. The van der Waals surface area contributed by atoms with Crippen LogP contribution in [-0.2, 0) is 5.41 Å². The van der Waals surface area contributed by atoms with E-state index in [2.05, 4.69) is 193 Å². The van der Waals surface area contributed by atoms with E-state index in [1.165, 1.54) is 100 Å². The number of hydrogen-bond donors (Lipinski definition) is 0. The lowest BCUT2D eigenvalue weighted by molar-refractivity contribution is 0.689. The van der Waals surface area contributed by atoms with Gasteiger partial charge in [-0.15, -0.1) is 0 Å². The third-order valence-electron chi connectivity index (χ3n) is 12.2. The van der Waals surface area contributed by atoms with E-state index >= 15 is 0 Å². The summed E-state index contributed by atoms with van der Waals surface area (Å²) in [5.41, 5.74) is 20.8. The highest BCUT2D eigenvalue weighted by Crippen LogP contribution is 2.65. The number of nitrogens with zero attached hydrogens (tertiary/aromatic N) is 2. The smallest absolute Gasteiger partial charge is 0.0717 e. The molecule has 53 heavy (non-hydrogen) atoms. The molecule has 2 heteroatoms. The predicted molar refractivity (Wildman–Crippen MR) is 222 cm³/mol. The van der Waals surface area contributed by atoms with Gasteiger partial charge in [-0.05, 0) is 125 Å². The van der Waals surface area contributed by atoms with Gasteiger partial charge in [-0.3, -0.25) is 0 Å². The van der Waals surface area contributed by atoms with Crippen LogP contribution in [0.1, 0.15) is 51.8 Å². The number of aromatic nitrogens is 1. The van der Waals surface area contributed by atoms with Crippen molar-refractivity contribution in [2.45, 2.75) is 32.1 Å². The molecule has 3 aliphatic rings. The average Bonchev–Trinajstić information content (AvgIpc) is 3.70. The number of benzene rings is 7. The fourth-order valence-corrected chi connectivity index (χ4v) is 10.0. The van der Waals surface area contributed by atoms with Crippen molar-refractivity contribution < 1.29 is 0 Å². The Morgan fingerprint density at radius 1 is 0.472 bits per heavy atom. The molecular formula is C51H38N2. The Labute approximate surface area is 310 Å². The zero-order chi connectivity index (χ0) is 35.3. The summed E-state index contributed by atoms with van der Waals surface area (Å²) >= 11 is 0. The van der Waals surface area contributed by atoms with Crippen molar-refractivity contribution in [3.8, 4) is 5.69 Å². The van der Waals surface area contributed by atoms with Crippen LogP contribution in [0.2, 0.25) is 0 Å². The van der Waals surface area contributed by atoms with E-state index in [4.69, 9.17) is 0 Å². The van der Waals surface area contributed by atoms with Crippen molar-refractivity contribution in [2.24, 2.45) is 0 Å². The Morgan fingerprint density at radius 3 is 1.68 bits per heavy atom. The van der Waals surface area contributed by atoms with Gasteiger partial charge < -0.3 is 9.47 Å². The van der Waals surface area contributed by atoms with Crippen LogP contribution in [0.4, 0.5) is 17.1 Å². The first-order valence-corrected chi connectivity index (χ1v) is 18.8. The minimum atomic E-state index is -0.370. The van der Waals surface area contributed by atoms with Crippen LogP contribution in [0.3, 0.4) is 0 Å². The SMILES string of the molecule is Cc1ccccc1N1c2ccccc2C2(C3=C(C=C(c4ccc(-n5c6ccccc6c6ccccc65)cc4)CC3)c3c(C)cccc32)c2ccccc21. The quantitative estimate of drug-likeness (QED) is 0.181. The summed E-state index contributed by atoms with van der Waals surface area (Å²) < 4.78 is 2.41. The van der Waals surface area contributed by atoms with Gasteiger partial charge in [0.1, 0.15) is 0 Å². The topological polar surface area (TPSA) is 8.17 Å². The van der Waals surface area contributed by atoms with Crippen molar-refractivity contribution in [1.29, 1.82) is 0 Å². The van der Waals surface area contributed by atoms with Gasteiger partial charge in [-0.1, -0.05) is 127 Å². The summed E-state index contributed by atoms with van der Waals surface area (Å²) in [6.07, 6.45) is 4.53. The zero-order valence-electron chi connectivity index (χ0n) is 30.0. The summed E-state index contributed by atoms with van der Waals surface area (Å²) in [6, 6.07) is 60.9. The van der Waals surface area contributed by atoms with E-state index in [0.717, 1.165) is 12.8 Å². The zero-order valence-corrected chi connectivity index (χ0v) is 30.0. The van der Waals surface area contributed by atoms with E-state index < -0.39 is 0 Å². The number of aryl methyl sites for hydroxylation is 2. The Morgan fingerprint density at radius 2 is 1.02 bits per heavy atom. The van der Waals surface area contributed by atoms with Gasteiger partial charge in [0.15, 0.2) is 0 Å². The van der Waals surface area contributed by atoms with Crippen molar-refractivity contribution >= 4 is 50.0 Å². The third kappa shape index (κ3) is 4.09. The summed E-state index contributed by atoms with van der Waals surface area (Å²) in [6.45, 7) is 4.52. The van der Waals surface area contributed by atoms with Gasteiger partial charge in [-0.2, -0.15) is 0 Å². The lowest BCUT2D eigenvalue weighted by Crippen LogP contribution is -2.37. The number of fused-ring (bicyclic) bond motifs is 11. The van der Waals surface area contributed by atoms with Crippen LogP contribution < -0.4 is 4.90 Å². The molecule has 1 aromatic heterocycles. The first kappa shape index (κ1) is 30.3. The van der Waals surface area contributed by atoms with E-state index in [0.29, 0.717) is 0 Å². The normalized spacial score (nSPS) is 15.4. The van der Waals surface area contributed by atoms with Gasteiger partial charge in [0.05, 0.1) is 27.8 Å². The number of para-hydroxylation sites is 5. The maximum atomic E-state index is 2.54. The molecule has 1 spiro atoms. The lowest BCUT2D eigenvalue weighted by Gasteiger charge is -2.46. The standard InChI is InChI=1S/C51H38N2/c1-33-14-3-8-21-45(33)53-48-24-11-6-18-42(48)51(43-19-7-12-25-49(43)53)41-31-28-36(32-40(41)50-34(2)15-13-20-44(50)51)35-26-29-37(30-27-35)52-46-22-9-4-16-38(46)39-17-5-10-23-47(39)52/h3-27,29-30,32H,28,31H2,1-2H3.